The van der Waals surface area contributed by atoms with Crippen LogP contribution in [0, 0.1) is 6.92 Å². The molecule has 3 nitrogen and oxygen atoms in total. The molecular weight excluding hydrogens is 400 g/mol. The molecule has 0 bridgehead atoms. The van der Waals surface area contributed by atoms with Gasteiger partial charge < -0.3 is 4.74 Å². The molecule has 2 heterocycles. The maximum absolute atomic E-state index is 5.73. The number of unbranched alkanes of at least 4 members (excludes halogenated alkanes) is 1. The second-order valence-electron chi connectivity index (χ2n) is 6.34. The number of ether oxygens (including phenoxy) is 1. The van der Waals surface area contributed by atoms with E-state index in [0.29, 0.717) is 0 Å². The standard InChI is InChI=1S/C23H23BrN2O/c1-18-4-12-22(25-16-18)23-13-9-20(17-26-23)6-5-19-7-10-21(11-8-19)27-15-3-2-14-24/h4-13,16-17H,2-3,14-15H2,1H3/b6-5+. The predicted octanol–water partition coefficient (Wildman–Crippen LogP) is 6.18. The number of benzene rings is 1. The van der Waals surface area contributed by atoms with Crippen LogP contribution < -0.4 is 4.74 Å². The molecule has 2 aromatic heterocycles. The van der Waals surface area contributed by atoms with Crippen molar-refractivity contribution >= 4 is 28.1 Å². The zero-order chi connectivity index (χ0) is 18.9. The van der Waals surface area contributed by atoms with Crippen LogP contribution in [0.4, 0.5) is 0 Å². The molecule has 4 heteroatoms. The van der Waals surface area contributed by atoms with Gasteiger partial charge in [0.2, 0.25) is 0 Å². The first kappa shape index (κ1) is 19.3. The maximum Gasteiger partial charge on any atom is 0.119 e. The summed E-state index contributed by atoms with van der Waals surface area (Å²) in [5, 5.41) is 1.03. The molecular formula is C23H23BrN2O. The average Bonchev–Trinajstić information content (AvgIpc) is 2.72. The first-order valence-corrected chi connectivity index (χ1v) is 10.2. The summed E-state index contributed by atoms with van der Waals surface area (Å²) in [6, 6.07) is 16.3. The summed E-state index contributed by atoms with van der Waals surface area (Å²) in [6.07, 6.45) is 10.1. The van der Waals surface area contributed by atoms with Crippen molar-refractivity contribution in [3.05, 3.63) is 77.6 Å². The Bertz CT molecular complexity index is 856. The third kappa shape index (κ3) is 6.04. The Morgan fingerprint density at radius 1 is 0.815 bits per heavy atom. The second kappa shape index (κ2) is 10.0. The summed E-state index contributed by atoms with van der Waals surface area (Å²) in [5.74, 6) is 0.915. The number of halogens is 1. The lowest BCUT2D eigenvalue weighted by atomic mass is 10.1. The average molecular weight is 423 g/mol. The quantitative estimate of drug-likeness (QED) is 0.321. The predicted molar refractivity (Wildman–Crippen MR) is 116 cm³/mol. The molecule has 138 valence electrons. The number of aromatic nitrogens is 2. The maximum atomic E-state index is 5.73. The van der Waals surface area contributed by atoms with Gasteiger partial charge in [-0.1, -0.05) is 52.3 Å². The Morgan fingerprint density at radius 3 is 2.11 bits per heavy atom. The van der Waals surface area contributed by atoms with Crippen LogP contribution >= 0.6 is 15.9 Å². The van der Waals surface area contributed by atoms with Crippen molar-refractivity contribution in [2.45, 2.75) is 19.8 Å². The second-order valence-corrected chi connectivity index (χ2v) is 7.14. The number of pyridine rings is 2. The summed E-state index contributed by atoms with van der Waals surface area (Å²) in [6.45, 7) is 2.79. The number of alkyl halides is 1. The summed E-state index contributed by atoms with van der Waals surface area (Å²) < 4.78 is 5.73. The minimum absolute atomic E-state index is 0.759. The summed E-state index contributed by atoms with van der Waals surface area (Å²) >= 11 is 3.43. The molecule has 0 radical (unpaired) electrons. The molecule has 0 atom stereocenters. The molecule has 27 heavy (non-hydrogen) atoms. The molecule has 0 fully saturated rings. The van der Waals surface area contributed by atoms with Crippen molar-refractivity contribution in [1.82, 2.24) is 9.97 Å². The molecule has 0 aliphatic rings. The molecule has 0 aliphatic carbocycles. The van der Waals surface area contributed by atoms with Gasteiger partial charge in [-0.25, -0.2) is 0 Å². The molecule has 3 aromatic rings. The molecule has 0 saturated carbocycles. The van der Waals surface area contributed by atoms with Gasteiger partial charge in [0.15, 0.2) is 0 Å². The van der Waals surface area contributed by atoms with E-state index in [1.54, 1.807) is 0 Å². The Morgan fingerprint density at radius 2 is 1.48 bits per heavy atom. The smallest absolute Gasteiger partial charge is 0.119 e. The van der Waals surface area contributed by atoms with E-state index < -0.39 is 0 Å². The molecule has 0 saturated heterocycles. The van der Waals surface area contributed by atoms with Crippen LogP contribution in [-0.4, -0.2) is 21.9 Å². The highest BCUT2D eigenvalue weighted by Crippen LogP contribution is 2.17. The lowest BCUT2D eigenvalue weighted by molar-refractivity contribution is 0.310. The van der Waals surface area contributed by atoms with E-state index in [2.05, 4.69) is 56.2 Å². The van der Waals surface area contributed by atoms with Crippen LogP contribution in [0.5, 0.6) is 5.75 Å². The monoisotopic (exact) mass is 422 g/mol. The number of hydrogen-bond donors (Lipinski definition) is 0. The van der Waals surface area contributed by atoms with E-state index in [0.717, 1.165) is 58.6 Å². The van der Waals surface area contributed by atoms with Crippen LogP contribution in [0.25, 0.3) is 23.5 Å². The van der Waals surface area contributed by atoms with Gasteiger partial charge in [0.25, 0.3) is 0 Å². The van der Waals surface area contributed by atoms with Crippen LogP contribution in [-0.2, 0) is 0 Å². The van der Waals surface area contributed by atoms with Gasteiger partial charge in [0, 0.05) is 17.7 Å². The Kier molecular flexibility index (Phi) is 7.17. The van der Waals surface area contributed by atoms with Gasteiger partial charge in [0.05, 0.1) is 18.0 Å². The Balaban J connectivity index is 1.58. The number of hydrogen-bond acceptors (Lipinski definition) is 3. The van der Waals surface area contributed by atoms with Crippen LogP contribution in [0.2, 0.25) is 0 Å². The normalized spacial score (nSPS) is 11.0. The fraction of sp³-hybridized carbons (Fsp3) is 0.217. The fourth-order valence-electron chi connectivity index (χ4n) is 2.53. The van der Waals surface area contributed by atoms with E-state index >= 15 is 0 Å². The van der Waals surface area contributed by atoms with Crippen LogP contribution in [0.15, 0.2) is 60.9 Å². The van der Waals surface area contributed by atoms with E-state index in [4.69, 9.17) is 4.74 Å². The van der Waals surface area contributed by atoms with Gasteiger partial charge in [-0.2, -0.15) is 0 Å². The van der Waals surface area contributed by atoms with Gasteiger partial charge in [-0.05, 0) is 60.7 Å². The molecule has 0 aliphatic heterocycles. The third-order valence-electron chi connectivity index (χ3n) is 4.11. The summed E-state index contributed by atoms with van der Waals surface area (Å²) in [7, 11) is 0. The van der Waals surface area contributed by atoms with Crippen molar-refractivity contribution in [3.63, 3.8) is 0 Å². The highest BCUT2D eigenvalue weighted by molar-refractivity contribution is 9.09. The van der Waals surface area contributed by atoms with Gasteiger partial charge in [-0.15, -0.1) is 0 Å². The number of rotatable bonds is 8. The largest absolute Gasteiger partial charge is 0.494 e. The number of nitrogens with zero attached hydrogens (tertiary/aromatic N) is 2. The Hall–Kier alpha value is -2.46. The Labute approximate surface area is 169 Å². The highest BCUT2D eigenvalue weighted by Gasteiger charge is 2.00. The molecule has 1 aromatic carbocycles. The van der Waals surface area contributed by atoms with Crippen molar-refractivity contribution in [2.75, 3.05) is 11.9 Å². The third-order valence-corrected chi connectivity index (χ3v) is 4.67. The molecule has 0 N–H and O–H groups in total. The first-order chi connectivity index (χ1) is 13.2. The minimum atomic E-state index is 0.759. The van der Waals surface area contributed by atoms with Gasteiger partial charge >= 0.3 is 0 Å². The van der Waals surface area contributed by atoms with Gasteiger partial charge in [-0.3, -0.25) is 9.97 Å². The van der Waals surface area contributed by atoms with E-state index in [1.165, 1.54) is 0 Å². The zero-order valence-electron chi connectivity index (χ0n) is 15.4. The fourth-order valence-corrected chi connectivity index (χ4v) is 2.93. The summed E-state index contributed by atoms with van der Waals surface area (Å²) in [4.78, 5) is 8.93. The lowest BCUT2D eigenvalue weighted by Crippen LogP contribution is -1.97. The minimum Gasteiger partial charge on any atom is -0.494 e. The van der Waals surface area contributed by atoms with Crippen molar-refractivity contribution in [3.8, 4) is 17.1 Å². The topological polar surface area (TPSA) is 35.0 Å². The van der Waals surface area contributed by atoms with Crippen molar-refractivity contribution < 1.29 is 4.74 Å². The molecule has 0 amide bonds. The number of aryl methyl sites for hydroxylation is 1. The highest BCUT2D eigenvalue weighted by atomic mass is 79.9. The van der Waals surface area contributed by atoms with E-state index in [1.807, 2.05) is 49.6 Å². The van der Waals surface area contributed by atoms with E-state index in [-0.39, 0.29) is 0 Å². The first-order valence-electron chi connectivity index (χ1n) is 9.10. The molecule has 3 rings (SSSR count). The summed E-state index contributed by atoms with van der Waals surface area (Å²) in [5.41, 5.74) is 5.11. The molecule has 0 unspecified atom stereocenters. The zero-order valence-corrected chi connectivity index (χ0v) is 17.0. The SMILES string of the molecule is Cc1ccc(-c2ccc(/C=C/c3ccc(OCCCCBr)cc3)cn2)nc1. The lowest BCUT2D eigenvalue weighted by Gasteiger charge is -2.05. The molecule has 0 spiro atoms. The van der Waals surface area contributed by atoms with Crippen LogP contribution in [0.3, 0.4) is 0 Å². The van der Waals surface area contributed by atoms with Gasteiger partial charge in [0.1, 0.15) is 5.75 Å². The van der Waals surface area contributed by atoms with Crippen molar-refractivity contribution in [2.24, 2.45) is 0 Å². The van der Waals surface area contributed by atoms with Crippen molar-refractivity contribution in [1.29, 1.82) is 0 Å². The van der Waals surface area contributed by atoms with Crippen LogP contribution in [0.1, 0.15) is 29.5 Å². The van der Waals surface area contributed by atoms with E-state index in [9.17, 15) is 0 Å².